The Balaban J connectivity index is 3.44. The van der Waals surface area contributed by atoms with Gasteiger partial charge in [-0.15, -0.1) is 18.3 Å². The lowest BCUT2D eigenvalue weighted by atomic mass is 10.8. The molecule has 0 amide bonds. The van der Waals surface area contributed by atoms with Crippen LogP contribution in [0.4, 0.5) is 8.78 Å². The van der Waals surface area contributed by atoms with Gasteiger partial charge in [0.15, 0.2) is 4.74 Å². The molecule has 2 atom stereocenters. The van der Waals surface area contributed by atoms with Crippen molar-refractivity contribution in [1.29, 1.82) is 0 Å². The van der Waals surface area contributed by atoms with E-state index in [0.29, 0.717) is 5.75 Å². The molecule has 0 spiro atoms. The molecule has 0 fully saturated rings. The van der Waals surface area contributed by atoms with Crippen LogP contribution in [0.15, 0.2) is 12.7 Å². The number of halogens is 2. The van der Waals surface area contributed by atoms with E-state index in [2.05, 4.69) is 6.58 Å². The quantitative estimate of drug-likeness (QED) is 0.461. The van der Waals surface area contributed by atoms with E-state index in [1.54, 1.807) is 6.08 Å². The maximum atomic E-state index is 12.5. The fourth-order valence-electron chi connectivity index (χ4n) is 0.236. The van der Waals surface area contributed by atoms with Crippen LogP contribution in [-0.2, 0) is 0 Å². The monoisotopic (exact) mass is 170 g/mol. The van der Waals surface area contributed by atoms with Gasteiger partial charge in [-0.25, -0.2) is 8.78 Å². The maximum Gasteiger partial charge on any atom is 0.196 e. The third kappa shape index (κ3) is 4.86. The Labute approximate surface area is 60.3 Å². The van der Waals surface area contributed by atoms with E-state index in [9.17, 15) is 8.78 Å². The first kappa shape index (κ1) is 9.38. The van der Waals surface area contributed by atoms with Gasteiger partial charge in [-0.1, -0.05) is 15.3 Å². The lowest BCUT2D eigenvalue weighted by Crippen LogP contribution is -2.10. The Morgan fingerprint density at radius 2 is 2.33 bits per heavy atom. The van der Waals surface area contributed by atoms with E-state index in [-0.39, 0.29) is 0 Å². The molecule has 0 aromatic rings. The molecular formula is C5H9F2PS. The first-order chi connectivity index (χ1) is 4.12. The molecule has 0 aliphatic rings. The molecule has 0 aromatic heterocycles. The summed E-state index contributed by atoms with van der Waals surface area (Å²) in [7, 11) is 1.82. The van der Waals surface area contributed by atoms with Crippen LogP contribution in [0, 0.1) is 0 Å². The Hall–Kier alpha value is 0.380. The second-order valence-corrected chi connectivity index (χ2v) is 4.15. The smallest absolute Gasteiger partial charge is 0.196 e. The third-order valence-corrected chi connectivity index (χ3v) is 2.27. The number of hydrogen-bond donors (Lipinski definition) is 0. The van der Waals surface area contributed by atoms with Crippen LogP contribution in [0.1, 0.15) is 0 Å². The number of rotatable bonds is 4. The average Bonchev–Trinajstić information content (AvgIpc) is 1.84. The molecule has 0 aliphatic heterocycles. The summed E-state index contributed by atoms with van der Waals surface area (Å²) in [4.78, 5) is 0. The summed E-state index contributed by atoms with van der Waals surface area (Å²) in [6.45, 7) is 2.40. The van der Waals surface area contributed by atoms with Crippen LogP contribution in [-0.4, -0.2) is 17.2 Å². The van der Waals surface area contributed by atoms with Crippen molar-refractivity contribution in [2.45, 2.75) is 4.74 Å². The molecule has 9 heavy (non-hydrogen) atoms. The van der Waals surface area contributed by atoms with Crippen molar-refractivity contribution < 1.29 is 8.78 Å². The highest BCUT2D eigenvalue weighted by molar-refractivity contribution is 8.04. The number of alkyl halides is 2. The van der Waals surface area contributed by atoms with Gasteiger partial charge in [-0.3, -0.25) is 0 Å². The zero-order valence-electron chi connectivity index (χ0n) is 4.94. The second-order valence-electron chi connectivity index (χ2n) is 1.52. The molecular weight excluding hydrogens is 161 g/mol. The number of thioether (sulfide) groups is 1. The third-order valence-electron chi connectivity index (χ3n) is 0.623. The van der Waals surface area contributed by atoms with Crippen molar-refractivity contribution in [3.05, 3.63) is 12.7 Å². The highest BCUT2D eigenvalue weighted by atomic mass is 32.2. The lowest BCUT2D eigenvalue weighted by Gasteiger charge is -2.12. The minimum absolute atomic E-state index is 0.434. The van der Waals surface area contributed by atoms with E-state index in [4.69, 9.17) is 0 Å². The van der Waals surface area contributed by atoms with E-state index >= 15 is 0 Å². The molecule has 0 rings (SSSR count). The van der Waals surface area contributed by atoms with Crippen molar-refractivity contribution in [2.24, 2.45) is 0 Å². The topological polar surface area (TPSA) is 0 Å². The van der Waals surface area contributed by atoms with Crippen molar-refractivity contribution in [1.82, 2.24) is 0 Å². The largest absolute Gasteiger partial charge is 0.246 e. The van der Waals surface area contributed by atoms with Gasteiger partial charge in [0.1, 0.15) is 6.67 Å². The molecule has 0 aliphatic carbocycles. The molecule has 2 unspecified atom stereocenters. The molecule has 0 heterocycles. The van der Waals surface area contributed by atoms with Gasteiger partial charge in [0.05, 0.1) is 0 Å². The van der Waals surface area contributed by atoms with Gasteiger partial charge < -0.3 is 0 Å². The molecule has 0 saturated heterocycles. The maximum absolute atomic E-state index is 12.5. The molecule has 0 saturated carbocycles. The van der Waals surface area contributed by atoms with Gasteiger partial charge in [0.2, 0.25) is 0 Å². The summed E-state index contributed by atoms with van der Waals surface area (Å²) < 4.78 is 22.3. The highest BCUT2D eigenvalue weighted by Gasteiger charge is 2.22. The lowest BCUT2D eigenvalue weighted by molar-refractivity contribution is 0.317. The first-order valence-corrected chi connectivity index (χ1v) is 3.97. The van der Waals surface area contributed by atoms with E-state index in [1.165, 1.54) is 0 Å². The summed E-state index contributed by atoms with van der Waals surface area (Å²) in [5.74, 6) is 0.434. The molecule has 54 valence electrons. The van der Waals surface area contributed by atoms with Crippen LogP contribution in [0.5, 0.6) is 0 Å². The van der Waals surface area contributed by atoms with Gasteiger partial charge in [-0.2, -0.15) is 0 Å². The minimum atomic E-state index is -1.81. The van der Waals surface area contributed by atoms with Gasteiger partial charge >= 0.3 is 0 Å². The molecule has 0 nitrogen and oxygen atoms in total. The van der Waals surface area contributed by atoms with E-state index in [0.717, 1.165) is 11.8 Å². The summed E-state index contributed by atoms with van der Waals surface area (Å²) in [5.41, 5.74) is 0. The van der Waals surface area contributed by atoms with Gasteiger partial charge in [-0.05, 0) is 0 Å². The van der Waals surface area contributed by atoms with Crippen LogP contribution in [0.2, 0.25) is 0 Å². The van der Waals surface area contributed by atoms with Crippen molar-refractivity contribution in [3.63, 3.8) is 0 Å². The van der Waals surface area contributed by atoms with Crippen LogP contribution in [0.3, 0.4) is 0 Å². The Morgan fingerprint density at radius 3 is 2.67 bits per heavy atom. The van der Waals surface area contributed by atoms with Crippen molar-refractivity contribution in [3.8, 4) is 0 Å². The van der Waals surface area contributed by atoms with Crippen LogP contribution >= 0.6 is 21.0 Å². The summed E-state index contributed by atoms with van der Waals surface area (Å²) in [6.07, 6.45) is 1.54. The Morgan fingerprint density at radius 1 is 1.78 bits per heavy atom. The molecule has 0 N–H and O–H groups in total. The minimum Gasteiger partial charge on any atom is -0.246 e. The van der Waals surface area contributed by atoms with Crippen molar-refractivity contribution >= 4 is 21.0 Å². The SMILES string of the molecule is C=CCSC(F)(P)CF. The van der Waals surface area contributed by atoms with E-state index in [1.807, 2.05) is 9.24 Å². The second kappa shape index (κ2) is 4.24. The molecule has 0 bridgehead atoms. The number of hydrogen-bond acceptors (Lipinski definition) is 1. The Bertz CT molecular complexity index is 95.0. The Kier molecular flexibility index (Phi) is 4.41. The highest BCUT2D eigenvalue weighted by Crippen LogP contribution is 2.34. The summed E-state index contributed by atoms with van der Waals surface area (Å²) >= 11 is 0.882. The normalized spacial score (nSPS) is 16.8. The fourth-order valence-corrected chi connectivity index (χ4v) is 0.997. The van der Waals surface area contributed by atoms with Gasteiger partial charge in [0, 0.05) is 5.75 Å². The predicted octanol–water partition coefficient (Wildman–Crippen LogP) is 2.37. The zero-order valence-corrected chi connectivity index (χ0v) is 6.91. The van der Waals surface area contributed by atoms with E-state index < -0.39 is 11.4 Å². The fraction of sp³-hybridized carbons (Fsp3) is 0.600. The standard InChI is InChI=1S/C5H9F2PS/c1-2-3-9-5(7,8)4-6/h2H,1,3-4,8H2. The van der Waals surface area contributed by atoms with Gasteiger partial charge in [0.25, 0.3) is 0 Å². The first-order valence-electron chi connectivity index (χ1n) is 2.41. The zero-order chi connectivity index (χ0) is 7.33. The molecule has 4 heteroatoms. The molecule has 0 aromatic carbocycles. The van der Waals surface area contributed by atoms with Crippen molar-refractivity contribution in [2.75, 3.05) is 12.4 Å². The summed E-state index contributed by atoms with van der Waals surface area (Å²) in [6, 6.07) is 0. The average molecular weight is 170 g/mol. The van der Waals surface area contributed by atoms with Crippen LogP contribution in [0.25, 0.3) is 0 Å². The molecule has 0 radical (unpaired) electrons. The van der Waals surface area contributed by atoms with Crippen LogP contribution < -0.4 is 0 Å². The predicted molar refractivity (Wildman–Crippen MR) is 42.2 cm³/mol. The summed E-state index contributed by atoms with van der Waals surface area (Å²) in [5, 5.41) is 0.